The summed E-state index contributed by atoms with van der Waals surface area (Å²) >= 11 is 0. The summed E-state index contributed by atoms with van der Waals surface area (Å²) in [6.07, 6.45) is 3.61. The monoisotopic (exact) mass is 387 g/mol. The van der Waals surface area contributed by atoms with E-state index in [-0.39, 0.29) is 10.8 Å². The first-order valence-electron chi connectivity index (χ1n) is 9.31. The van der Waals surface area contributed by atoms with Crippen LogP contribution >= 0.6 is 0 Å². The first-order chi connectivity index (χ1) is 13.0. The second kappa shape index (κ2) is 8.67. The summed E-state index contributed by atoms with van der Waals surface area (Å²) in [5.74, 6) is -0.522. The number of para-hydroxylation sites is 1. The van der Waals surface area contributed by atoms with Gasteiger partial charge >= 0.3 is 0 Å². The lowest BCUT2D eigenvalue weighted by molar-refractivity contribution is -0.125. The molecule has 6 heteroatoms. The Bertz CT molecular complexity index is 857. The van der Waals surface area contributed by atoms with E-state index >= 15 is 0 Å². The summed E-state index contributed by atoms with van der Waals surface area (Å²) in [6, 6.07) is 15.5. The summed E-state index contributed by atoms with van der Waals surface area (Å²) in [5, 5.41) is 2.79. The standard InChI is InChI=1S/C21H25NO4S/c1-16-12-14-19(15-13-16)27(24,25)26-20(17-8-4-2-5-9-17)21(23)22-18-10-6-3-7-11-18/h3,6-7,10-15,17,20H,2,4-5,8-9H2,1H3,(H,22,23)/t20-/m0/s1. The fourth-order valence-corrected chi connectivity index (χ4v) is 4.50. The van der Waals surface area contributed by atoms with Gasteiger partial charge in [-0.3, -0.25) is 8.98 Å². The van der Waals surface area contributed by atoms with Crippen LogP contribution < -0.4 is 5.32 Å². The first kappa shape index (κ1) is 19.6. The van der Waals surface area contributed by atoms with E-state index in [4.69, 9.17) is 4.18 Å². The van der Waals surface area contributed by atoms with Gasteiger partial charge in [-0.2, -0.15) is 8.42 Å². The molecule has 2 aromatic rings. The molecule has 27 heavy (non-hydrogen) atoms. The number of aryl methyl sites for hydroxylation is 1. The lowest BCUT2D eigenvalue weighted by atomic mass is 9.85. The Balaban J connectivity index is 1.82. The molecule has 1 N–H and O–H groups in total. The molecule has 5 nitrogen and oxygen atoms in total. The minimum Gasteiger partial charge on any atom is -0.324 e. The van der Waals surface area contributed by atoms with Crippen LogP contribution in [0.15, 0.2) is 59.5 Å². The third-order valence-corrected chi connectivity index (χ3v) is 6.23. The molecule has 1 saturated carbocycles. The van der Waals surface area contributed by atoms with Crippen molar-refractivity contribution >= 4 is 21.7 Å². The Morgan fingerprint density at radius 3 is 2.26 bits per heavy atom. The molecule has 3 rings (SSSR count). The number of anilines is 1. The Hall–Kier alpha value is -2.18. The van der Waals surface area contributed by atoms with Crippen molar-refractivity contribution in [2.75, 3.05) is 5.32 Å². The van der Waals surface area contributed by atoms with Crippen LogP contribution in [0.25, 0.3) is 0 Å². The van der Waals surface area contributed by atoms with E-state index in [9.17, 15) is 13.2 Å². The number of hydrogen-bond donors (Lipinski definition) is 1. The van der Waals surface area contributed by atoms with Crippen molar-refractivity contribution in [3.63, 3.8) is 0 Å². The second-order valence-electron chi connectivity index (χ2n) is 7.04. The molecular weight excluding hydrogens is 362 g/mol. The second-order valence-corrected chi connectivity index (χ2v) is 8.61. The molecule has 0 unspecified atom stereocenters. The predicted octanol–water partition coefficient (Wildman–Crippen LogP) is 4.29. The zero-order valence-corrected chi connectivity index (χ0v) is 16.2. The lowest BCUT2D eigenvalue weighted by Crippen LogP contribution is -2.39. The van der Waals surface area contributed by atoms with Gasteiger partial charge in [-0.05, 0) is 49.9 Å². The number of carbonyl (C=O) groups is 1. The maximum Gasteiger partial charge on any atom is 0.297 e. The number of amides is 1. The molecule has 1 aliphatic carbocycles. The van der Waals surface area contributed by atoms with Crippen LogP contribution in [0.3, 0.4) is 0 Å². The van der Waals surface area contributed by atoms with Crippen LogP contribution in [-0.2, 0) is 19.1 Å². The van der Waals surface area contributed by atoms with Gasteiger partial charge in [0.05, 0.1) is 4.90 Å². The molecule has 0 saturated heterocycles. The molecule has 0 heterocycles. The van der Waals surface area contributed by atoms with E-state index in [1.54, 1.807) is 24.3 Å². The van der Waals surface area contributed by atoms with Gasteiger partial charge in [-0.25, -0.2) is 0 Å². The number of nitrogens with one attached hydrogen (secondary N) is 1. The van der Waals surface area contributed by atoms with E-state index in [0.717, 1.165) is 37.7 Å². The molecule has 1 fully saturated rings. The largest absolute Gasteiger partial charge is 0.324 e. The average molecular weight is 388 g/mol. The van der Waals surface area contributed by atoms with Gasteiger partial charge in [0.1, 0.15) is 0 Å². The van der Waals surface area contributed by atoms with Gasteiger partial charge in [-0.1, -0.05) is 55.2 Å². The molecule has 0 bridgehead atoms. The SMILES string of the molecule is Cc1ccc(S(=O)(=O)O[C@H](C(=O)Nc2ccccc2)C2CCCCC2)cc1. The van der Waals surface area contributed by atoms with E-state index in [1.807, 2.05) is 25.1 Å². The number of benzene rings is 2. The minimum atomic E-state index is -4.02. The van der Waals surface area contributed by atoms with Crippen molar-refractivity contribution in [1.82, 2.24) is 0 Å². The highest BCUT2D eigenvalue weighted by Gasteiger charge is 2.35. The minimum absolute atomic E-state index is 0.0708. The van der Waals surface area contributed by atoms with Gasteiger partial charge in [0.25, 0.3) is 16.0 Å². The highest BCUT2D eigenvalue weighted by atomic mass is 32.2. The van der Waals surface area contributed by atoms with Crippen LogP contribution in [-0.4, -0.2) is 20.4 Å². The third kappa shape index (κ3) is 5.17. The molecule has 0 aromatic heterocycles. The number of carbonyl (C=O) groups excluding carboxylic acids is 1. The molecule has 1 amide bonds. The molecule has 1 atom stereocenters. The third-order valence-electron chi connectivity index (χ3n) is 4.92. The van der Waals surface area contributed by atoms with E-state index in [2.05, 4.69) is 5.32 Å². The van der Waals surface area contributed by atoms with Gasteiger partial charge in [0.15, 0.2) is 6.10 Å². The highest BCUT2D eigenvalue weighted by molar-refractivity contribution is 7.86. The fourth-order valence-electron chi connectivity index (χ4n) is 3.41. The van der Waals surface area contributed by atoms with Crippen molar-refractivity contribution in [2.24, 2.45) is 5.92 Å². The van der Waals surface area contributed by atoms with Crippen LogP contribution in [0.4, 0.5) is 5.69 Å². The van der Waals surface area contributed by atoms with E-state index < -0.39 is 22.1 Å². The van der Waals surface area contributed by atoms with Crippen molar-refractivity contribution in [2.45, 2.75) is 50.0 Å². The van der Waals surface area contributed by atoms with Crippen LogP contribution in [0.2, 0.25) is 0 Å². The quantitative estimate of drug-likeness (QED) is 0.751. The molecule has 2 aromatic carbocycles. The first-order valence-corrected chi connectivity index (χ1v) is 10.7. The van der Waals surface area contributed by atoms with Crippen LogP contribution in [0, 0.1) is 12.8 Å². The zero-order valence-electron chi connectivity index (χ0n) is 15.4. The molecule has 0 radical (unpaired) electrons. The lowest BCUT2D eigenvalue weighted by Gasteiger charge is -2.28. The van der Waals surface area contributed by atoms with Crippen LogP contribution in [0.5, 0.6) is 0 Å². The van der Waals surface area contributed by atoms with Gasteiger partial charge in [-0.15, -0.1) is 0 Å². The van der Waals surface area contributed by atoms with Crippen molar-refractivity contribution in [3.05, 3.63) is 60.2 Å². The summed E-state index contributed by atoms with van der Waals surface area (Å²) in [4.78, 5) is 12.9. The normalized spacial score (nSPS) is 16.6. The van der Waals surface area contributed by atoms with Gasteiger partial charge < -0.3 is 5.32 Å². The number of hydrogen-bond acceptors (Lipinski definition) is 4. The topological polar surface area (TPSA) is 72.5 Å². The molecule has 144 valence electrons. The van der Waals surface area contributed by atoms with Crippen molar-refractivity contribution in [1.29, 1.82) is 0 Å². The molecule has 0 spiro atoms. The summed E-state index contributed by atoms with van der Waals surface area (Å²) in [5.41, 5.74) is 1.58. The molecular formula is C21H25NO4S. The fraction of sp³-hybridized carbons (Fsp3) is 0.381. The summed E-state index contributed by atoms with van der Waals surface area (Å²) < 4.78 is 31.0. The van der Waals surface area contributed by atoms with E-state index in [1.165, 1.54) is 12.1 Å². The van der Waals surface area contributed by atoms with E-state index in [0.29, 0.717) is 5.69 Å². The average Bonchev–Trinajstić information content (AvgIpc) is 2.68. The Kier molecular flexibility index (Phi) is 6.29. The maximum absolute atomic E-state index is 12.9. The van der Waals surface area contributed by atoms with Gasteiger partial charge in [0, 0.05) is 5.69 Å². The Morgan fingerprint density at radius 1 is 1.00 bits per heavy atom. The maximum atomic E-state index is 12.9. The smallest absolute Gasteiger partial charge is 0.297 e. The van der Waals surface area contributed by atoms with Crippen molar-refractivity contribution in [3.8, 4) is 0 Å². The van der Waals surface area contributed by atoms with Gasteiger partial charge in [0.2, 0.25) is 0 Å². The Morgan fingerprint density at radius 2 is 1.63 bits per heavy atom. The highest BCUT2D eigenvalue weighted by Crippen LogP contribution is 2.31. The Labute approximate surface area is 160 Å². The number of rotatable bonds is 6. The predicted molar refractivity (Wildman–Crippen MR) is 105 cm³/mol. The molecule has 1 aliphatic rings. The summed E-state index contributed by atoms with van der Waals surface area (Å²) in [6.45, 7) is 1.88. The summed E-state index contributed by atoms with van der Waals surface area (Å²) in [7, 11) is -4.02. The van der Waals surface area contributed by atoms with Crippen molar-refractivity contribution < 1.29 is 17.4 Å². The zero-order chi connectivity index (χ0) is 19.3. The molecule has 0 aliphatic heterocycles. The van der Waals surface area contributed by atoms with Crippen LogP contribution in [0.1, 0.15) is 37.7 Å².